The summed E-state index contributed by atoms with van der Waals surface area (Å²) in [5, 5.41) is 4.91. The highest BCUT2D eigenvalue weighted by molar-refractivity contribution is 5.80. The summed E-state index contributed by atoms with van der Waals surface area (Å²) in [5.41, 5.74) is 5.50. The molecular weight excluding hydrogens is 244 g/mol. The maximum atomic E-state index is 3.62. The van der Waals surface area contributed by atoms with Gasteiger partial charge in [-0.2, -0.15) is 0 Å². The molecule has 2 atom stereocenters. The van der Waals surface area contributed by atoms with E-state index in [9.17, 15) is 0 Å². The minimum atomic E-state index is 0.443. The van der Waals surface area contributed by atoms with Gasteiger partial charge in [0, 0.05) is 30.2 Å². The second kappa shape index (κ2) is 4.50. The number of fused-ring (bicyclic) bond motifs is 2. The van der Waals surface area contributed by atoms with Crippen molar-refractivity contribution in [2.75, 3.05) is 6.54 Å². The Labute approximate surface area is 118 Å². The molecule has 1 aromatic heterocycles. The molecule has 0 fully saturated rings. The fourth-order valence-corrected chi connectivity index (χ4v) is 3.32. The normalized spacial score (nSPS) is 21.9. The standard InChI is InChI=1S/C18H18N2/c1-12-15-4-2-3-5-16(15)17(11-20-12)13-6-7-18-14(10-13)8-9-19-18/h2-10,12,17,19-20H,11H2,1H3/t12-,17+/m1/s1. The van der Waals surface area contributed by atoms with Gasteiger partial charge >= 0.3 is 0 Å². The lowest BCUT2D eigenvalue weighted by Crippen LogP contribution is -2.31. The van der Waals surface area contributed by atoms with Gasteiger partial charge in [0.05, 0.1) is 0 Å². The van der Waals surface area contributed by atoms with Crippen LogP contribution in [0.5, 0.6) is 0 Å². The molecule has 0 aliphatic carbocycles. The zero-order valence-corrected chi connectivity index (χ0v) is 11.6. The molecule has 4 rings (SSSR count). The summed E-state index contributed by atoms with van der Waals surface area (Å²) < 4.78 is 0. The van der Waals surface area contributed by atoms with Crippen LogP contribution in [0, 0.1) is 0 Å². The van der Waals surface area contributed by atoms with Gasteiger partial charge in [-0.1, -0.05) is 30.3 Å². The van der Waals surface area contributed by atoms with E-state index in [2.05, 4.69) is 65.8 Å². The second-order valence-corrected chi connectivity index (χ2v) is 5.64. The highest BCUT2D eigenvalue weighted by Crippen LogP contribution is 2.35. The Kier molecular flexibility index (Phi) is 2.64. The molecule has 2 N–H and O–H groups in total. The SMILES string of the molecule is C[C@H]1NC[C@@H](c2ccc3[nH]ccc3c2)c2ccccc21. The van der Waals surface area contributed by atoms with Gasteiger partial charge in [-0.25, -0.2) is 0 Å². The third kappa shape index (κ3) is 1.76. The zero-order valence-electron chi connectivity index (χ0n) is 11.6. The van der Waals surface area contributed by atoms with Crippen LogP contribution in [-0.2, 0) is 0 Å². The fraction of sp³-hybridized carbons (Fsp3) is 0.222. The molecule has 2 heteroatoms. The van der Waals surface area contributed by atoms with Crippen LogP contribution in [0.15, 0.2) is 54.7 Å². The Morgan fingerprint density at radius 2 is 1.85 bits per heavy atom. The number of aromatic amines is 1. The van der Waals surface area contributed by atoms with E-state index >= 15 is 0 Å². The van der Waals surface area contributed by atoms with E-state index < -0.39 is 0 Å². The molecule has 1 aliphatic heterocycles. The quantitative estimate of drug-likeness (QED) is 0.682. The molecule has 0 bridgehead atoms. The number of hydrogen-bond acceptors (Lipinski definition) is 1. The van der Waals surface area contributed by atoms with Crippen LogP contribution in [0.3, 0.4) is 0 Å². The molecule has 0 saturated carbocycles. The van der Waals surface area contributed by atoms with E-state index in [1.165, 1.54) is 27.6 Å². The van der Waals surface area contributed by atoms with Gasteiger partial charge in [0.15, 0.2) is 0 Å². The molecule has 2 aromatic carbocycles. The van der Waals surface area contributed by atoms with Crippen molar-refractivity contribution in [1.82, 2.24) is 10.3 Å². The lowest BCUT2D eigenvalue weighted by Gasteiger charge is -2.31. The van der Waals surface area contributed by atoms with Gasteiger partial charge in [0.2, 0.25) is 0 Å². The predicted molar refractivity (Wildman–Crippen MR) is 83.0 cm³/mol. The van der Waals surface area contributed by atoms with Crippen molar-refractivity contribution in [1.29, 1.82) is 0 Å². The van der Waals surface area contributed by atoms with Gasteiger partial charge < -0.3 is 10.3 Å². The van der Waals surface area contributed by atoms with Gasteiger partial charge in [-0.05, 0) is 47.2 Å². The van der Waals surface area contributed by atoms with Gasteiger partial charge in [-0.15, -0.1) is 0 Å². The van der Waals surface area contributed by atoms with Crippen LogP contribution in [-0.4, -0.2) is 11.5 Å². The predicted octanol–water partition coefficient (Wildman–Crippen LogP) is 3.96. The van der Waals surface area contributed by atoms with Gasteiger partial charge in [0.25, 0.3) is 0 Å². The van der Waals surface area contributed by atoms with Crippen LogP contribution in [0.4, 0.5) is 0 Å². The molecule has 0 radical (unpaired) electrons. The Morgan fingerprint density at radius 3 is 2.75 bits per heavy atom. The summed E-state index contributed by atoms with van der Waals surface area (Å²) >= 11 is 0. The summed E-state index contributed by atoms with van der Waals surface area (Å²) in [6.07, 6.45) is 2.00. The van der Waals surface area contributed by atoms with Gasteiger partial charge in [-0.3, -0.25) is 0 Å². The molecule has 2 nitrogen and oxygen atoms in total. The Balaban J connectivity index is 1.84. The van der Waals surface area contributed by atoms with Crippen molar-refractivity contribution >= 4 is 10.9 Å². The number of benzene rings is 2. The minimum Gasteiger partial charge on any atom is -0.361 e. The monoisotopic (exact) mass is 262 g/mol. The lowest BCUT2D eigenvalue weighted by molar-refractivity contribution is 0.508. The fourth-order valence-electron chi connectivity index (χ4n) is 3.32. The Morgan fingerprint density at radius 1 is 1.00 bits per heavy atom. The first-order valence-corrected chi connectivity index (χ1v) is 7.22. The van der Waals surface area contributed by atoms with Gasteiger partial charge in [0.1, 0.15) is 0 Å². The van der Waals surface area contributed by atoms with E-state index in [4.69, 9.17) is 0 Å². The highest BCUT2D eigenvalue weighted by Gasteiger charge is 2.25. The summed E-state index contributed by atoms with van der Waals surface area (Å²) in [7, 11) is 0. The average molecular weight is 262 g/mol. The van der Waals surface area contributed by atoms with E-state index in [0.29, 0.717) is 12.0 Å². The van der Waals surface area contributed by atoms with Crippen molar-refractivity contribution in [2.45, 2.75) is 18.9 Å². The third-order valence-corrected chi connectivity index (χ3v) is 4.45. The molecular formula is C18H18N2. The molecule has 0 amide bonds. The number of aromatic nitrogens is 1. The second-order valence-electron chi connectivity index (χ2n) is 5.64. The van der Waals surface area contributed by atoms with Crippen molar-refractivity contribution in [3.8, 4) is 0 Å². The number of nitrogens with one attached hydrogen (secondary N) is 2. The largest absolute Gasteiger partial charge is 0.361 e. The Hall–Kier alpha value is -2.06. The Bertz CT molecular complexity index is 757. The summed E-state index contributed by atoms with van der Waals surface area (Å²) in [6.45, 7) is 3.25. The first kappa shape index (κ1) is 11.7. The zero-order chi connectivity index (χ0) is 13.5. The van der Waals surface area contributed by atoms with Crippen molar-refractivity contribution in [3.63, 3.8) is 0 Å². The van der Waals surface area contributed by atoms with E-state index in [0.717, 1.165) is 6.54 Å². The molecule has 3 aromatic rings. The smallest absolute Gasteiger partial charge is 0.0454 e. The number of H-pyrrole nitrogens is 1. The number of rotatable bonds is 1. The van der Waals surface area contributed by atoms with Crippen LogP contribution >= 0.6 is 0 Å². The van der Waals surface area contributed by atoms with E-state index in [1.54, 1.807) is 0 Å². The summed E-state index contributed by atoms with van der Waals surface area (Å²) in [5.74, 6) is 0.446. The first-order valence-electron chi connectivity index (χ1n) is 7.22. The molecule has 100 valence electrons. The van der Waals surface area contributed by atoms with Crippen molar-refractivity contribution in [2.24, 2.45) is 0 Å². The van der Waals surface area contributed by atoms with E-state index in [-0.39, 0.29) is 0 Å². The third-order valence-electron chi connectivity index (χ3n) is 4.45. The molecule has 0 saturated heterocycles. The minimum absolute atomic E-state index is 0.443. The molecule has 20 heavy (non-hydrogen) atoms. The first-order chi connectivity index (χ1) is 9.83. The van der Waals surface area contributed by atoms with Crippen LogP contribution in [0.2, 0.25) is 0 Å². The van der Waals surface area contributed by atoms with Crippen molar-refractivity contribution < 1.29 is 0 Å². The molecule has 1 aliphatic rings. The summed E-state index contributed by atoms with van der Waals surface area (Å²) in [4.78, 5) is 3.26. The highest BCUT2D eigenvalue weighted by atomic mass is 14.9. The molecule has 0 spiro atoms. The average Bonchev–Trinajstić information content (AvgIpc) is 2.95. The maximum absolute atomic E-state index is 3.62. The topological polar surface area (TPSA) is 27.8 Å². The molecule has 2 heterocycles. The maximum Gasteiger partial charge on any atom is 0.0454 e. The number of hydrogen-bond donors (Lipinski definition) is 2. The van der Waals surface area contributed by atoms with Crippen LogP contribution < -0.4 is 5.32 Å². The van der Waals surface area contributed by atoms with E-state index in [1.807, 2.05) is 6.20 Å². The van der Waals surface area contributed by atoms with Crippen LogP contribution in [0.1, 0.15) is 35.6 Å². The van der Waals surface area contributed by atoms with Crippen molar-refractivity contribution in [3.05, 3.63) is 71.4 Å². The van der Waals surface area contributed by atoms with Crippen LogP contribution in [0.25, 0.3) is 10.9 Å². The summed E-state index contributed by atoms with van der Waals surface area (Å²) in [6, 6.07) is 18.1. The molecule has 0 unspecified atom stereocenters. The lowest BCUT2D eigenvalue weighted by atomic mass is 9.83.